The van der Waals surface area contributed by atoms with Crippen molar-refractivity contribution >= 4 is 23.5 Å². The molecule has 1 atom stereocenters. The van der Waals surface area contributed by atoms with Crippen LogP contribution in [0.5, 0.6) is 0 Å². The zero-order valence-corrected chi connectivity index (χ0v) is 21.7. The van der Waals surface area contributed by atoms with Gasteiger partial charge in [-0.2, -0.15) is 5.10 Å². The molecule has 1 aliphatic rings. The van der Waals surface area contributed by atoms with Crippen LogP contribution < -0.4 is 10.6 Å². The number of hydrogen-bond acceptors (Lipinski definition) is 6. The second-order valence-electron chi connectivity index (χ2n) is 9.80. The standard InChI is InChI=1S/C30H32N6O/c1-19(2)36-18-24(17-33-36)28-21(4)16-32-30(35-28)34-25-11-9-23-13-14-31-29(26(23)15-25)27(37)12-10-22-8-6-5-7-20(22)3/h5-12,15-19,29,31H,13-14H2,1-4H3,(H,32,34,35). The average molecular weight is 493 g/mol. The first kappa shape index (κ1) is 24.6. The SMILES string of the molecule is Cc1ccccc1C=CC(=O)C1NCCc2ccc(Nc3ncc(C)c(-c4cnn(C(C)C)c4)n3)cc21. The number of ketones is 1. The monoisotopic (exact) mass is 492 g/mol. The smallest absolute Gasteiger partial charge is 0.227 e. The number of anilines is 2. The summed E-state index contributed by atoms with van der Waals surface area (Å²) in [6, 6.07) is 14.1. The number of aromatic nitrogens is 4. The van der Waals surface area contributed by atoms with E-state index in [-0.39, 0.29) is 17.9 Å². The van der Waals surface area contributed by atoms with E-state index in [4.69, 9.17) is 4.98 Å². The van der Waals surface area contributed by atoms with Crippen molar-refractivity contribution in [2.75, 3.05) is 11.9 Å². The Labute approximate surface area is 217 Å². The molecule has 2 aromatic carbocycles. The molecule has 2 aromatic heterocycles. The molecular formula is C30H32N6O. The number of nitrogens with zero attached hydrogens (tertiary/aromatic N) is 4. The van der Waals surface area contributed by atoms with Gasteiger partial charge >= 0.3 is 0 Å². The molecule has 188 valence electrons. The summed E-state index contributed by atoms with van der Waals surface area (Å²) < 4.78 is 1.92. The molecule has 0 spiro atoms. The molecule has 0 radical (unpaired) electrons. The van der Waals surface area contributed by atoms with E-state index in [1.807, 2.05) is 79.6 Å². The highest BCUT2D eigenvalue weighted by Gasteiger charge is 2.25. The van der Waals surface area contributed by atoms with Gasteiger partial charge in [-0.15, -0.1) is 0 Å². The van der Waals surface area contributed by atoms with E-state index < -0.39 is 0 Å². The third kappa shape index (κ3) is 5.37. The van der Waals surface area contributed by atoms with E-state index in [0.717, 1.165) is 52.2 Å². The molecule has 1 aliphatic heterocycles. The number of carbonyl (C=O) groups excluding carboxylic acids is 1. The van der Waals surface area contributed by atoms with Gasteiger partial charge in [-0.3, -0.25) is 9.48 Å². The Hall–Kier alpha value is -4.10. The van der Waals surface area contributed by atoms with Gasteiger partial charge in [-0.05, 0) is 80.1 Å². The maximum atomic E-state index is 13.2. The maximum Gasteiger partial charge on any atom is 0.227 e. The van der Waals surface area contributed by atoms with Crippen molar-refractivity contribution in [2.24, 2.45) is 0 Å². The van der Waals surface area contributed by atoms with Crippen molar-refractivity contribution in [2.45, 2.75) is 46.2 Å². The van der Waals surface area contributed by atoms with Gasteiger partial charge in [0.05, 0.1) is 17.9 Å². The van der Waals surface area contributed by atoms with Gasteiger partial charge in [0.15, 0.2) is 5.78 Å². The van der Waals surface area contributed by atoms with Crippen LogP contribution in [0, 0.1) is 13.8 Å². The molecule has 3 heterocycles. The lowest BCUT2D eigenvalue weighted by Crippen LogP contribution is -2.34. The van der Waals surface area contributed by atoms with E-state index in [2.05, 4.69) is 40.6 Å². The predicted molar refractivity (Wildman–Crippen MR) is 148 cm³/mol. The Kier molecular flexibility index (Phi) is 6.97. The highest BCUT2D eigenvalue weighted by atomic mass is 16.1. The number of benzene rings is 2. The fourth-order valence-corrected chi connectivity index (χ4v) is 4.59. The minimum atomic E-state index is -0.387. The number of hydrogen-bond donors (Lipinski definition) is 2. The predicted octanol–water partition coefficient (Wildman–Crippen LogP) is 5.75. The molecular weight excluding hydrogens is 460 g/mol. The highest BCUT2D eigenvalue weighted by molar-refractivity contribution is 5.99. The number of fused-ring (bicyclic) bond motifs is 1. The summed E-state index contributed by atoms with van der Waals surface area (Å²) in [5.74, 6) is 0.543. The van der Waals surface area contributed by atoms with Crippen LogP contribution in [0.2, 0.25) is 0 Å². The molecule has 4 aromatic rings. The molecule has 1 unspecified atom stereocenters. The summed E-state index contributed by atoms with van der Waals surface area (Å²) in [6.07, 6.45) is 10.1. The van der Waals surface area contributed by atoms with Crippen LogP contribution in [-0.4, -0.2) is 32.1 Å². The summed E-state index contributed by atoms with van der Waals surface area (Å²) in [4.78, 5) is 22.5. The summed E-state index contributed by atoms with van der Waals surface area (Å²) in [5, 5.41) is 11.2. The lowest BCUT2D eigenvalue weighted by molar-refractivity contribution is -0.116. The van der Waals surface area contributed by atoms with Crippen LogP contribution in [0.15, 0.2) is 67.1 Å². The summed E-state index contributed by atoms with van der Waals surface area (Å²) in [7, 11) is 0. The van der Waals surface area contributed by atoms with E-state index in [1.54, 1.807) is 6.08 Å². The Morgan fingerprint density at radius 1 is 1.14 bits per heavy atom. The van der Waals surface area contributed by atoms with Crippen LogP contribution in [0.1, 0.15) is 53.7 Å². The van der Waals surface area contributed by atoms with Crippen molar-refractivity contribution < 1.29 is 4.79 Å². The molecule has 37 heavy (non-hydrogen) atoms. The largest absolute Gasteiger partial charge is 0.324 e. The first-order valence-corrected chi connectivity index (χ1v) is 12.7. The van der Waals surface area contributed by atoms with Crippen LogP contribution in [-0.2, 0) is 11.2 Å². The van der Waals surface area contributed by atoms with Crippen LogP contribution in [0.3, 0.4) is 0 Å². The van der Waals surface area contributed by atoms with Crippen molar-refractivity contribution in [3.05, 3.63) is 94.9 Å². The van der Waals surface area contributed by atoms with Gasteiger partial charge in [0.1, 0.15) is 0 Å². The van der Waals surface area contributed by atoms with Crippen LogP contribution in [0.25, 0.3) is 17.3 Å². The number of aryl methyl sites for hydroxylation is 2. The van der Waals surface area contributed by atoms with Crippen molar-refractivity contribution in [3.8, 4) is 11.3 Å². The summed E-state index contributed by atoms with van der Waals surface area (Å²) in [6.45, 7) is 9.00. The van der Waals surface area contributed by atoms with Gasteiger partial charge < -0.3 is 10.6 Å². The Bertz CT molecular complexity index is 1470. The van der Waals surface area contributed by atoms with Crippen LogP contribution >= 0.6 is 0 Å². The zero-order chi connectivity index (χ0) is 25.9. The lowest BCUT2D eigenvalue weighted by atomic mass is 9.91. The first-order chi connectivity index (χ1) is 17.9. The maximum absolute atomic E-state index is 13.2. The number of rotatable bonds is 7. The molecule has 0 aliphatic carbocycles. The van der Waals surface area contributed by atoms with E-state index in [9.17, 15) is 4.79 Å². The second-order valence-corrected chi connectivity index (χ2v) is 9.80. The molecule has 0 amide bonds. The minimum absolute atomic E-state index is 0.0392. The first-order valence-electron chi connectivity index (χ1n) is 12.7. The van der Waals surface area contributed by atoms with Crippen LogP contribution in [0.4, 0.5) is 11.6 Å². The fourth-order valence-electron chi connectivity index (χ4n) is 4.59. The molecule has 7 nitrogen and oxygen atoms in total. The quantitative estimate of drug-likeness (QED) is 0.320. The third-order valence-electron chi connectivity index (χ3n) is 6.73. The molecule has 0 fully saturated rings. The Balaban J connectivity index is 1.39. The van der Waals surface area contributed by atoms with Crippen molar-refractivity contribution in [1.29, 1.82) is 0 Å². The van der Waals surface area contributed by atoms with E-state index in [1.165, 1.54) is 5.56 Å². The second kappa shape index (κ2) is 10.5. The van der Waals surface area contributed by atoms with E-state index in [0.29, 0.717) is 5.95 Å². The average Bonchev–Trinajstić information content (AvgIpc) is 3.39. The molecule has 0 bridgehead atoms. The van der Waals surface area contributed by atoms with Gasteiger partial charge in [-0.1, -0.05) is 36.4 Å². The topological polar surface area (TPSA) is 84.7 Å². The molecule has 2 N–H and O–H groups in total. The number of nitrogens with one attached hydrogen (secondary N) is 2. The normalized spacial score (nSPS) is 15.2. The van der Waals surface area contributed by atoms with E-state index >= 15 is 0 Å². The zero-order valence-electron chi connectivity index (χ0n) is 21.7. The number of carbonyl (C=O) groups is 1. The lowest BCUT2D eigenvalue weighted by Gasteiger charge is -2.26. The Morgan fingerprint density at radius 3 is 2.76 bits per heavy atom. The summed E-state index contributed by atoms with van der Waals surface area (Å²) in [5.41, 5.74) is 7.98. The van der Waals surface area contributed by atoms with Gasteiger partial charge in [-0.25, -0.2) is 9.97 Å². The molecule has 7 heteroatoms. The summed E-state index contributed by atoms with van der Waals surface area (Å²) >= 11 is 0. The van der Waals surface area contributed by atoms with Gasteiger partial charge in [0.25, 0.3) is 0 Å². The van der Waals surface area contributed by atoms with Gasteiger partial charge in [0.2, 0.25) is 5.95 Å². The third-order valence-corrected chi connectivity index (χ3v) is 6.73. The highest BCUT2D eigenvalue weighted by Crippen LogP contribution is 2.29. The Morgan fingerprint density at radius 2 is 1.97 bits per heavy atom. The van der Waals surface area contributed by atoms with Gasteiger partial charge in [0, 0.05) is 36.2 Å². The molecule has 0 saturated carbocycles. The molecule has 0 saturated heterocycles. The fraction of sp³-hybridized carbons (Fsp3) is 0.267. The van der Waals surface area contributed by atoms with Crippen molar-refractivity contribution in [1.82, 2.24) is 25.1 Å². The minimum Gasteiger partial charge on any atom is -0.324 e. The molecule has 5 rings (SSSR count). The van der Waals surface area contributed by atoms with Crippen molar-refractivity contribution in [3.63, 3.8) is 0 Å².